The van der Waals surface area contributed by atoms with E-state index in [-0.39, 0.29) is 0 Å². The van der Waals surface area contributed by atoms with E-state index in [1.54, 1.807) is 10.1 Å². The van der Waals surface area contributed by atoms with Crippen molar-refractivity contribution in [2.24, 2.45) is 7.05 Å². The van der Waals surface area contributed by atoms with Gasteiger partial charge in [0, 0.05) is 29.8 Å². The van der Waals surface area contributed by atoms with Gasteiger partial charge in [0.2, 0.25) is 0 Å². The number of thiophene rings is 1. The van der Waals surface area contributed by atoms with E-state index in [9.17, 15) is 4.79 Å². The van der Waals surface area contributed by atoms with Crippen molar-refractivity contribution < 1.29 is 9.90 Å². The number of carboxylic acids is 1. The lowest BCUT2D eigenvalue weighted by molar-refractivity contribution is 0.0698. The average Bonchev–Trinajstić information content (AvgIpc) is 2.71. The SMILES string of the molecule is Cc1nn(C)cc1-c1cscc1C(=O)O. The van der Waals surface area contributed by atoms with Crippen LogP contribution in [0.2, 0.25) is 0 Å². The van der Waals surface area contributed by atoms with Crippen LogP contribution in [0.25, 0.3) is 11.1 Å². The van der Waals surface area contributed by atoms with E-state index >= 15 is 0 Å². The molecule has 0 aliphatic rings. The van der Waals surface area contributed by atoms with Crippen LogP contribution < -0.4 is 0 Å². The Kier molecular flexibility index (Phi) is 2.32. The van der Waals surface area contributed by atoms with E-state index < -0.39 is 5.97 Å². The Balaban J connectivity index is 2.58. The monoisotopic (exact) mass is 222 g/mol. The van der Waals surface area contributed by atoms with Gasteiger partial charge in [0.15, 0.2) is 0 Å². The minimum absolute atomic E-state index is 0.344. The molecule has 0 saturated heterocycles. The van der Waals surface area contributed by atoms with Gasteiger partial charge in [-0.1, -0.05) is 0 Å². The Morgan fingerprint density at radius 2 is 2.20 bits per heavy atom. The molecule has 0 spiro atoms. The predicted octanol–water partition coefficient (Wildman–Crippen LogP) is 2.16. The van der Waals surface area contributed by atoms with Crippen LogP contribution in [0.5, 0.6) is 0 Å². The van der Waals surface area contributed by atoms with Gasteiger partial charge in [-0.2, -0.15) is 16.4 Å². The van der Waals surface area contributed by atoms with E-state index in [1.165, 1.54) is 11.3 Å². The van der Waals surface area contributed by atoms with Gasteiger partial charge in [0.1, 0.15) is 0 Å². The van der Waals surface area contributed by atoms with Crippen molar-refractivity contribution in [3.05, 3.63) is 28.2 Å². The lowest BCUT2D eigenvalue weighted by Crippen LogP contribution is -1.95. The third-order valence-corrected chi connectivity index (χ3v) is 2.94. The zero-order valence-electron chi connectivity index (χ0n) is 8.39. The molecule has 1 N–H and O–H groups in total. The van der Waals surface area contributed by atoms with Crippen molar-refractivity contribution in [1.82, 2.24) is 9.78 Å². The van der Waals surface area contributed by atoms with Crippen LogP contribution in [0.4, 0.5) is 0 Å². The van der Waals surface area contributed by atoms with Crippen LogP contribution in [0.1, 0.15) is 16.1 Å². The molecule has 0 bridgehead atoms. The second-order valence-electron chi connectivity index (χ2n) is 3.31. The Morgan fingerprint density at radius 3 is 2.73 bits per heavy atom. The van der Waals surface area contributed by atoms with Crippen molar-refractivity contribution in [1.29, 1.82) is 0 Å². The van der Waals surface area contributed by atoms with Gasteiger partial charge in [-0.3, -0.25) is 4.68 Å². The highest BCUT2D eigenvalue weighted by Crippen LogP contribution is 2.29. The molecule has 2 heterocycles. The number of carbonyl (C=O) groups is 1. The third-order valence-electron chi connectivity index (χ3n) is 2.20. The van der Waals surface area contributed by atoms with Crippen LogP contribution in [0, 0.1) is 6.92 Å². The van der Waals surface area contributed by atoms with Gasteiger partial charge in [-0.05, 0) is 12.3 Å². The average molecular weight is 222 g/mol. The smallest absolute Gasteiger partial charge is 0.337 e. The summed E-state index contributed by atoms with van der Waals surface area (Å²) in [6.07, 6.45) is 1.84. The zero-order valence-corrected chi connectivity index (χ0v) is 9.21. The van der Waals surface area contributed by atoms with E-state index in [0.29, 0.717) is 5.56 Å². The Bertz CT molecular complexity index is 513. The van der Waals surface area contributed by atoms with Crippen LogP contribution in [0.3, 0.4) is 0 Å². The number of hydrogen-bond acceptors (Lipinski definition) is 3. The quantitative estimate of drug-likeness (QED) is 0.847. The highest BCUT2D eigenvalue weighted by Gasteiger charge is 2.15. The molecule has 2 aromatic rings. The maximum atomic E-state index is 11.0. The summed E-state index contributed by atoms with van der Waals surface area (Å²) < 4.78 is 1.69. The van der Waals surface area contributed by atoms with Crippen LogP contribution in [-0.2, 0) is 7.05 Å². The van der Waals surface area contributed by atoms with E-state index in [1.807, 2.05) is 25.5 Å². The second kappa shape index (κ2) is 3.51. The minimum Gasteiger partial charge on any atom is -0.478 e. The number of aromatic carboxylic acids is 1. The summed E-state index contributed by atoms with van der Waals surface area (Å²) >= 11 is 1.39. The number of carboxylic acid groups (broad SMARTS) is 1. The summed E-state index contributed by atoms with van der Waals surface area (Å²) in [7, 11) is 1.82. The molecule has 78 valence electrons. The molecule has 0 aliphatic heterocycles. The lowest BCUT2D eigenvalue weighted by atomic mass is 10.1. The van der Waals surface area contributed by atoms with Crippen molar-refractivity contribution in [2.75, 3.05) is 0 Å². The number of aryl methyl sites for hydroxylation is 2. The molecule has 0 amide bonds. The molecular weight excluding hydrogens is 212 g/mol. The number of rotatable bonds is 2. The van der Waals surface area contributed by atoms with E-state index in [4.69, 9.17) is 5.11 Å². The van der Waals surface area contributed by atoms with Crippen LogP contribution in [0.15, 0.2) is 17.0 Å². The Labute approximate surface area is 90.8 Å². The van der Waals surface area contributed by atoms with Gasteiger partial charge in [-0.15, -0.1) is 0 Å². The van der Waals surface area contributed by atoms with E-state index in [2.05, 4.69) is 5.10 Å². The van der Waals surface area contributed by atoms with Crippen molar-refractivity contribution in [3.63, 3.8) is 0 Å². The zero-order chi connectivity index (χ0) is 11.0. The second-order valence-corrected chi connectivity index (χ2v) is 4.05. The van der Waals surface area contributed by atoms with Gasteiger partial charge in [0.05, 0.1) is 11.3 Å². The van der Waals surface area contributed by atoms with Gasteiger partial charge >= 0.3 is 5.97 Å². The molecule has 0 aromatic carbocycles. The third kappa shape index (κ3) is 1.66. The summed E-state index contributed by atoms with van der Waals surface area (Å²) in [5.74, 6) is -0.894. The Hall–Kier alpha value is -1.62. The Morgan fingerprint density at radius 1 is 1.47 bits per heavy atom. The summed E-state index contributed by atoms with van der Waals surface area (Å²) in [6.45, 7) is 1.87. The molecule has 0 radical (unpaired) electrons. The molecule has 2 aromatic heterocycles. The van der Waals surface area contributed by atoms with Crippen molar-refractivity contribution >= 4 is 17.3 Å². The van der Waals surface area contributed by atoms with E-state index in [0.717, 1.165) is 16.8 Å². The summed E-state index contributed by atoms with van der Waals surface area (Å²) in [5, 5.41) is 16.7. The first kappa shape index (κ1) is 9.92. The maximum Gasteiger partial charge on any atom is 0.337 e. The normalized spacial score (nSPS) is 10.5. The molecule has 0 fully saturated rings. The van der Waals surface area contributed by atoms with Crippen LogP contribution >= 0.6 is 11.3 Å². The molecule has 5 heteroatoms. The molecule has 0 atom stereocenters. The fourth-order valence-corrected chi connectivity index (χ4v) is 2.36. The molecule has 0 unspecified atom stereocenters. The topological polar surface area (TPSA) is 55.1 Å². The van der Waals surface area contributed by atoms with Crippen molar-refractivity contribution in [3.8, 4) is 11.1 Å². The predicted molar refractivity (Wildman–Crippen MR) is 58.2 cm³/mol. The number of aromatic nitrogens is 2. The molecule has 0 aliphatic carbocycles. The largest absolute Gasteiger partial charge is 0.478 e. The fourth-order valence-electron chi connectivity index (χ4n) is 1.54. The van der Waals surface area contributed by atoms with Gasteiger partial charge < -0.3 is 5.11 Å². The lowest BCUT2D eigenvalue weighted by Gasteiger charge is -1.97. The molecule has 15 heavy (non-hydrogen) atoms. The molecule has 0 saturated carbocycles. The maximum absolute atomic E-state index is 11.0. The van der Waals surface area contributed by atoms with Gasteiger partial charge in [-0.25, -0.2) is 4.79 Å². The number of hydrogen-bond donors (Lipinski definition) is 1. The molecule has 2 rings (SSSR count). The first-order valence-corrected chi connectivity index (χ1v) is 5.34. The first-order chi connectivity index (χ1) is 7.09. The summed E-state index contributed by atoms with van der Waals surface area (Å²) in [5.41, 5.74) is 2.82. The number of nitrogens with zero attached hydrogens (tertiary/aromatic N) is 2. The summed E-state index contributed by atoms with van der Waals surface area (Å²) in [4.78, 5) is 11.0. The van der Waals surface area contributed by atoms with Gasteiger partial charge in [0.25, 0.3) is 0 Å². The highest BCUT2D eigenvalue weighted by molar-refractivity contribution is 7.08. The molecule has 4 nitrogen and oxygen atoms in total. The summed E-state index contributed by atoms with van der Waals surface area (Å²) in [6, 6.07) is 0. The van der Waals surface area contributed by atoms with Crippen LogP contribution in [-0.4, -0.2) is 20.9 Å². The van der Waals surface area contributed by atoms with Crippen molar-refractivity contribution in [2.45, 2.75) is 6.92 Å². The fraction of sp³-hybridized carbons (Fsp3) is 0.200. The standard InChI is InChI=1S/C10H10N2O2S/c1-6-7(3-12(2)11-6)8-4-15-5-9(8)10(13)14/h3-5H,1-2H3,(H,13,14). The molecular formula is C10H10N2O2S. The minimum atomic E-state index is -0.894. The highest BCUT2D eigenvalue weighted by atomic mass is 32.1. The first-order valence-electron chi connectivity index (χ1n) is 4.39.